The molecule has 0 bridgehead atoms. The number of ketones is 2. The molecule has 0 spiro atoms. The van der Waals surface area contributed by atoms with Gasteiger partial charge in [0.1, 0.15) is 0 Å². The van der Waals surface area contributed by atoms with Gasteiger partial charge < -0.3 is 29.0 Å². The third-order valence-corrected chi connectivity index (χ3v) is 6.03. The number of nitrogens with zero attached hydrogens (tertiary/aromatic N) is 2. The maximum Gasteiger partial charge on any atom is 0.415 e. The molecule has 39 heavy (non-hydrogen) atoms. The Balaban J connectivity index is 1.52. The van der Waals surface area contributed by atoms with E-state index in [0.29, 0.717) is 36.6 Å². The summed E-state index contributed by atoms with van der Waals surface area (Å²) < 4.78 is 21.3. The molecule has 0 radical (unpaired) electrons. The number of rotatable bonds is 12. The van der Waals surface area contributed by atoms with E-state index in [-0.39, 0.29) is 35.2 Å². The molecule has 1 saturated heterocycles. The first kappa shape index (κ1) is 29.4. The molecule has 1 aliphatic heterocycles. The van der Waals surface area contributed by atoms with Gasteiger partial charge in [0.15, 0.2) is 34.6 Å². The van der Waals surface area contributed by atoms with E-state index in [2.05, 4.69) is 4.90 Å². The standard InChI is InChI=1S/C29H34N2O8/c1-30(12-13-31-14-16-38-17-15-31)29(35)39-26-11-7-22(19-28(26)37-3)5-9-24(33)20-23(32)8-4-21-6-10-25(34)27(18-21)36-2/h4-11,18-19,34H,12-17,20H2,1-3H3/b8-4+,9-5+. The smallest absolute Gasteiger partial charge is 0.415 e. The lowest BCUT2D eigenvalue weighted by Gasteiger charge is -2.28. The van der Waals surface area contributed by atoms with Gasteiger partial charge in [-0.15, -0.1) is 0 Å². The van der Waals surface area contributed by atoms with Crippen molar-refractivity contribution in [2.24, 2.45) is 0 Å². The zero-order chi connectivity index (χ0) is 28.2. The van der Waals surface area contributed by atoms with Crippen LogP contribution < -0.4 is 14.2 Å². The van der Waals surface area contributed by atoms with Crippen molar-refractivity contribution in [3.63, 3.8) is 0 Å². The number of likely N-dealkylation sites (N-methyl/N-ethyl adjacent to an activating group) is 1. The van der Waals surface area contributed by atoms with E-state index in [1.165, 1.54) is 37.3 Å². The molecule has 1 N–H and O–H groups in total. The van der Waals surface area contributed by atoms with Crippen molar-refractivity contribution in [1.29, 1.82) is 0 Å². The second-order valence-corrected chi connectivity index (χ2v) is 8.86. The number of carbonyl (C=O) groups is 3. The number of benzene rings is 2. The lowest BCUT2D eigenvalue weighted by Crippen LogP contribution is -2.42. The van der Waals surface area contributed by atoms with Gasteiger partial charge in [0, 0.05) is 33.2 Å². The van der Waals surface area contributed by atoms with E-state index >= 15 is 0 Å². The van der Waals surface area contributed by atoms with Crippen LogP contribution in [0.25, 0.3) is 12.2 Å². The van der Waals surface area contributed by atoms with Crippen LogP contribution >= 0.6 is 0 Å². The van der Waals surface area contributed by atoms with Gasteiger partial charge in [-0.1, -0.05) is 24.3 Å². The number of aromatic hydroxyl groups is 1. The molecule has 0 atom stereocenters. The number of phenols is 1. The molecule has 0 aromatic heterocycles. The highest BCUT2D eigenvalue weighted by Crippen LogP contribution is 2.29. The van der Waals surface area contributed by atoms with Crippen LogP contribution in [0.4, 0.5) is 4.79 Å². The molecule has 10 nitrogen and oxygen atoms in total. The number of morpholine rings is 1. The number of methoxy groups -OCH3 is 2. The first-order valence-electron chi connectivity index (χ1n) is 12.5. The first-order valence-corrected chi connectivity index (χ1v) is 12.5. The fourth-order valence-corrected chi connectivity index (χ4v) is 3.72. The molecular formula is C29H34N2O8. The molecular weight excluding hydrogens is 504 g/mol. The Hall–Kier alpha value is -4.15. The van der Waals surface area contributed by atoms with Crippen LogP contribution in [0, 0.1) is 0 Å². The van der Waals surface area contributed by atoms with Crippen LogP contribution in [-0.2, 0) is 14.3 Å². The quantitative estimate of drug-likeness (QED) is 0.321. The average Bonchev–Trinajstić information content (AvgIpc) is 2.95. The van der Waals surface area contributed by atoms with Crippen molar-refractivity contribution < 1.29 is 38.4 Å². The lowest BCUT2D eigenvalue weighted by atomic mass is 10.1. The van der Waals surface area contributed by atoms with Crippen LogP contribution in [0.2, 0.25) is 0 Å². The zero-order valence-corrected chi connectivity index (χ0v) is 22.4. The third kappa shape index (κ3) is 9.27. The van der Waals surface area contributed by atoms with E-state index < -0.39 is 6.09 Å². The number of carbonyl (C=O) groups excluding carboxylic acids is 3. The van der Waals surface area contributed by atoms with Crippen LogP contribution in [0.3, 0.4) is 0 Å². The number of amides is 1. The molecule has 208 valence electrons. The minimum atomic E-state index is -0.502. The number of phenolic OH excluding ortho intramolecular Hbond substituents is 1. The molecule has 1 aliphatic rings. The molecule has 0 unspecified atom stereocenters. The second-order valence-electron chi connectivity index (χ2n) is 8.86. The van der Waals surface area contributed by atoms with Crippen LogP contribution in [-0.4, -0.2) is 93.2 Å². The second kappa shape index (κ2) is 14.7. The van der Waals surface area contributed by atoms with Crippen molar-refractivity contribution in [3.05, 3.63) is 59.7 Å². The summed E-state index contributed by atoms with van der Waals surface area (Å²) in [5, 5.41) is 9.65. The summed E-state index contributed by atoms with van der Waals surface area (Å²) in [4.78, 5) is 40.8. The van der Waals surface area contributed by atoms with Crippen molar-refractivity contribution in [1.82, 2.24) is 9.80 Å². The van der Waals surface area contributed by atoms with Gasteiger partial charge >= 0.3 is 6.09 Å². The number of ether oxygens (including phenoxy) is 4. The fraction of sp³-hybridized carbons (Fsp3) is 0.345. The Kier molecular flexibility index (Phi) is 11.1. The highest BCUT2D eigenvalue weighted by atomic mass is 16.6. The SMILES string of the molecule is COc1cc(/C=C/C(=O)CC(=O)/C=C/c2ccc(OC(=O)N(C)CCN3CCOCC3)c(OC)c2)ccc1O. The highest BCUT2D eigenvalue weighted by molar-refractivity contribution is 6.10. The fourth-order valence-electron chi connectivity index (χ4n) is 3.72. The van der Waals surface area contributed by atoms with Crippen LogP contribution in [0.1, 0.15) is 17.5 Å². The molecule has 10 heteroatoms. The highest BCUT2D eigenvalue weighted by Gasteiger charge is 2.17. The molecule has 0 saturated carbocycles. The monoisotopic (exact) mass is 538 g/mol. The third-order valence-electron chi connectivity index (χ3n) is 6.03. The lowest BCUT2D eigenvalue weighted by molar-refractivity contribution is -0.121. The Bertz CT molecular complexity index is 1220. The largest absolute Gasteiger partial charge is 0.504 e. The maximum atomic E-state index is 12.5. The van der Waals surface area contributed by atoms with Crippen LogP contribution in [0.15, 0.2) is 48.6 Å². The predicted octanol–water partition coefficient (Wildman–Crippen LogP) is 3.43. The summed E-state index contributed by atoms with van der Waals surface area (Å²) in [7, 11) is 4.57. The molecule has 3 rings (SSSR count). The molecule has 0 aliphatic carbocycles. The number of hydrogen-bond acceptors (Lipinski definition) is 9. The summed E-state index contributed by atoms with van der Waals surface area (Å²) >= 11 is 0. The normalized spacial score (nSPS) is 13.9. The van der Waals surface area contributed by atoms with Gasteiger partial charge in [0.2, 0.25) is 0 Å². The molecule has 1 heterocycles. The van der Waals surface area contributed by atoms with Gasteiger partial charge in [-0.25, -0.2) is 4.79 Å². The Morgan fingerprint density at radius 2 is 1.51 bits per heavy atom. The van der Waals surface area contributed by atoms with Gasteiger partial charge in [-0.05, 0) is 47.5 Å². The van der Waals surface area contributed by atoms with Gasteiger partial charge in [-0.2, -0.15) is 0 Å². The summed E-state index contributed by atoms with van der Waals surface area (Å²) in [6.07, 6.45) is 4.93. The van der Waals surface area contributed by atoms with E-state index in [0.717, 1.165) is 19.6 Å². The van der Waals surface area contributed by atoms with E-state index in [1.807, 2.05) is 0 Å². The zero-order valence-electron chi connectivity index (χ0n) is 22.4. The molecule has 1 fully saturated rings. The molecule has 2 aromatic rings. The van der Waals surface area contributed by atoms with E-state index in [9.17, 15) is 19.5 Å². The van der Waals surface area contributed by atoms with Crippen molar-refractivity contribution >= 4 is 29.8 Å². The Morgan fingerprint density at radius 1 is 0.923 bits per heavy atom. The topological polar surface area (TPSA) is 115 Å². The maximum absolute atomic E-state index is 12.5. The minimum absolute atomic E-state index is 0.00377. The Labute approximate surface area is 228 Å². The molecule has 2 aromatic carbocycles. The minimum Gasteiger partial charge on any atom is -0.504 e. The first-order chi connectivity index (χ1) is 18.8. The summed E-state index contributed by atoms with van der Waals surface area (Å²) in [6.45, 7) is 4.32. The van der Waals surface area contributed by atoms with Gasteiger partial charge in [0.05, 0.1) is 33.9 Å². The van der Waals surface area contributed by atoms with Gasteiger partial charge in [0.25, 0.3) is 0 Å². The average molecular weight is 539 g/mol. The number of hydrogen-bond donors (Lipinski definition) is 1. The van der Waals surface area contributed by atoms with E-state index in [4.69, 9.17) is 18.9 Å². The van der Waals surface area contributed by atoms with Crippen molar-refractivity contribution in [2.45, 2.75) is 6.42 Å². The van der Waals surface area contributed by atoms with Crippen LogP contribution in [0.5, 0.6) is 23.0 Å². The number of allylic oxidation sites excluding steroid dienone is 2. The molecule has 1 amide bonds. The predicted molar refractivity (Wildman–Crippen MR) is 146 cm³/mol. The van der Waals surface area contributed by atoms with E-state index in [1.54, 1.807) is 49.5 Å². The van der Waals surface area contributed by atoms with Crippen molar-refractivity contribution in [2.75, 3.05) is 60.7 Å². The van der Waals surface area contributed by atoms with Crippen molar-refractivity contribution in [3.8, 4) is 23.0 Å². The van der Waals surface area contributed by atoms with Gasteiger partial charge in [-0.3, -0.25) is 14.5 Å². The Morgan fingerprint density at radius 3 is 2.13 bits per heavy atom. The summed E-state index contributed by atoms with van der Waals surface area (Å²) in [5.41, 5.74) is 1.29. The summed E-state index contributed by atoms with van der Waals surface area (Å²) in [5.74, 6) is 0.142. The summed E-state index contributed by atoms with van der Waals surface area (Å²) in [6, 6.07) is 9.58.